The van der Waals surface area contributed by atoms with Crippen molar-refractivity contribution >= 4 is 35.1 Å². The van der Waals surface area contributed by atoms with Gasteiger partial charge in [-0.25, -0.2) is 4.98 Å². The van der Waals surface area contributed by atoms with Gasteiger partial charge in [0, 0.05) is 33.9 Å². The fraction of sp³-hybridized carbons (Fsp3) is 0.421. The van der Waals surface area contributed by atoms with Gasteiger partial charge in [-0.15, -0.1) is 0 Å². The third-order valence-corrected chi connectivity index (χ3v) is 5.02. The van der Waals surface area contributed by atoms with Crippen LogP contribution in [0.25, 0.3) is 0 Å². The predicted octanol–water partition coefficient (Wildman–Crippen LogP) is 3.32. The summed E-state index contributed by atoms with van der Waals surface area (Å²) in [6, 6.07) is 3.18. The largest absolute Gasteiger partial charge is 0.480 e. The van der Waals surface area contributed by atoms with Gasteiger partial charge >= 0.3 is 11.9 Å². The van der Waals surface area contributed by atoms with Crippen molar-refractivity contribution in [3.63, 3.8) is 0 Å². The first kappa shape index (κ1) is 22.2. The van der Waals surface area contributed by atoms with E-state index in [0.717, 1.165) is 0 Å². The summed E-state index contributed by atoms with van der Waals surface area (Å²) in [5, 5.41) is 22.7. The van der Waals surface area contributed by atoms with E-state index in [1.165, 1.54) is 0 Å². The number of halogens is 2. The number of benzene rings is 1. The van der Waals surface area contributed by atoms with Gasteiger partial charge < -0.3 is 14.8 Å². The van der Waals surface area contributed by atoms with Crippen LogP contribution in [0, 0.1) is 5.92 Å². The Labute approximate surface area is 173 Å². The smallest absolute Gasteiger partial charge is 0.321 e. The molecule has 0 radical (unpaired) electrons. The Balaban J connectivity index is 2.20. The van der Waals surface area contributed by atoms with E-state index in [9.17, 15) is 19.8 Å². The number of nitrogens with one attached hydrogen (secondary N) is 1. The average molecular weight is 428 g/mol. The fourth-order valence-electron chi connectivity index (χ4n) is 2.90. The molecule has 0 spiro atoms. The molecule has 7 nitrogen and oxygen atoms in total. The third-order valence-electron chi connectivity index (χ3n) is 4.31. The minimum atomic E-state index is -1.13. The van der Waals surface area contributed by atoms with Crippen molar-refractivity contribution in [1.29, 1.82) is 0 Å². The predicted molar refractivity (Wildman–Crippen MR) is 107 cm³/mol. The summed E-state index contributed by atoms with van der Waals surface area (Å²) in [7, 11) is 0. The number of hydrogen-bond acceptors (Lipinski definition) is 4. The van der Waals surface area contributed by atoms with Crippen LogP contribution in [0.4, 0.5) is 0 Å². The first-order valence-corrected chi connectivity index (χ1v) is 9.58. The van der Waals surface area contributed by atoms with Gasteiger partial charge in [-0.2, -0.15) is 0 Å². The van der Waals surface area contributed by atoms with Gasteiger partial charge in [-0.05, 0) is 24.5 Å². The molecule has 0 aliphatic rings. The summed E-state index contributed by atoms with van der Waals surface area (Å²) in [5.41, 5.74) is 1.33. The van der Waals surface area contributed by atoms with Crippen LogP contribution < -0.4 is 5.32 Å². The van der Waals surface area contributed by atoms with Crippen molar-refractivity contribution in [2.75, 3.05) is 0 Å². The molecule has 2 unspecified atom stereocenters. The lowest BCUT2D eigenvalue weighted by Crippen LogP contribution is -2.49. The van der Waals surface area contributed by atoms with E-state index in [1.807, 2.05) is 13.8 Å². The number of nitrogens with zero attached hydrogens (tertiary/aromatic N) is 2. The lowest BCUT2D eigenvalue weighted by molar-refractivity contribution is -0.142. The maximum absolute atomic E-state index is 11.7. The van der Waals surface area contributed by atoms with Gasteiger partial charge in [0.1, 0.15) is 12.1 Å². The third kappa shape index (κ3) is 5.95. The van der Waals surface area contributed by atoms with E-state index in [4.69, 9.17) is 23.2 Å². The monoisotopic (exact) mass is 427 g/mol. The second-order valence-corrected chi connectivity index (χ2v) is 7.81. The van der Waals surface area contributed by atoms with E-state index in [1.54, 1.807) is 35.3 Å². The molecule has 3 N–H and O–H groups in total. The summed E-state index contributed by atoms with van der Waals surface area (Å²) < 4.78 is 1.75. The molecule has 0 aliphatic carbocycles. The van der Waals surface area contributed by atoms with Crippen LogP contribution in [-0.4, -0.2) is 43.8 Å². The molecule has 2 atom stereocenters. The van der Waals surface area contributed by atoms with Gasteiger partial charge in [0.05, 0.1) is 12.9 Å². The molecule has 28 heavy (non-hydrogen) atoms. The Morgan fingerprint density at radius 2 is 1.75 bits per heavy atom. The number of rotatable bonds is 10. The molecule has 1 aromatic heterocycles. The Hall–Kier alpha value is -2.09. The van der Waals surface area contributed by atoms with Crippen LogP contribution in [0.2, 0.25) is 10.0 Å². The number of hydrogen-bond donors (Lipinski definition) is 3. The topological polar surface area (TPSA) is 104 Å². The maximum Gasteiger partial charge on any atom is 0.321 e. The zero-order valence-corrected chi connectivity index (χ0v) is 17.1. The lowest BCUT2D eigenvalue weighted by atomic mass is 10.0. The highest BCUT2D eigenvalue weighted by Gasteiger charge is 2.27. The molecule has 1 aromatic carbocycles. The van der Waals surface area contributed by atoms with Crippen LogP contribution in [0.15, 0.2) is 30.7 Å². The molecular weight excluding hydrogens is 405 g/mol. The van der Waals surface area contributed by atoms with E-state index >= 15 is 0 Å². The number of carboxylic acids is 2. The molecule has 0 saturated heterocycles. The maximum atomic E-state index is 11.7. The SMILES string of the molecule is CC(C)CC(NC(Cc1cncn1Cc1c(Cl)cccc1Cl)C(=O)O)C(=O)O. The Bertz CT molecular complexity index is 818. The molecule has 2 rings (SSSR count). The molecule has 0 fully saturated rings. The van der Waals surface area contributed by atoms with Crippen molar-refractivity contribution in [1.82, 2.24) is 14.9 Å². The summed E-state index contributed by atoms with van der Waals surface area (Å²) >= 11 is 12.4. The summed E-state index contributed by atoms with van der Waals surface area (Å²) in [6.45, 7) is 4.10. The quantitative estimate of drug-likeness (QED) is 0.536. The van der Waals surface area contributed by atoms with Gasteiger partial charge in [-0.1, -0.05) is 43.1 Å². The van der Waals surface area contributed by atoms with Gasteiger partial charge in [0.25, 0.3) is 0 Å². The van der Waals surface area contributed by atoms with Gasteiger partial charge in [-0.3, -0.25) is 14.9 Å². The van der Waals surface area contributed by atoms with Crippen LogP contribution >= 0.6 is 23.2 Å². The molecule has 0 aliphatic heterocycles. The molecule has 152 valence electrons. The highest BCUT2D eigenvalue weighted by Crippen LogP contribution is 2.25. The second kappa shape index (κ2) is 9.91. The highest BCUT2D eigenvalue weighted by molar-refractivity contribution is 6.35. The zero-order valence-electron chi connectivity index (χ0n) is 15.6. The van der Waals surface area contributed by atoms with Crippen molar-refractivity contribution < 1.29 is 19.8 Å². The van der Waals surface area contributed by atoms with Crippen LogP contribution in [0.3, 0.4) is 0 Å². The van der Waals surface area contributed by atoms with E-state index in [2.05, 4.69) is 10.3 Å². The number of carboxylic acid groups (broad SMARTS) is 2. The summed E-state index contributed by atoms with van der Waals surface area (Å²) in [5.74, 6) is -2.09. The molecule has 0 saturated carbocycles. The number of imidazole rings is 1. The Morgan fingerprint density at radius 3 is 2.29 bits per heavy atom. The number of carbonyl (C=O) groups is 2. The van der Waals surface area contributed by atoms with Gasteiger partial charge in [0.2, 0.25) is 0 Å². The van der Waals surface area contributed by atoms with Crippen LogP contribution in [-0.2, 0) is 22.6 Å². The number of aliphatic carboxylic acids is 2. The molecular formula is C19H23Cl2N3O4. The zero-order chi connectivity index (χ0) is 20.8. The van der Waals surface area contributed by atoms with E-state index in [0.29, 0.717) is 34.3 Å². The minimum absolute atomic E-state index is 0.0687. The average Bonchev–Trinajstić information content (AvgIpc) is 3.03. The molecule has 0 amide bonds. The van der Waals surface area contributed by atoms with Crippen molar-refractivity contribution in [2.45, 2.75) is 45.3 Å². The molecule has 2 aromatic rings. The Kier molecular flexibility index (Phi) is 7.86. The van der Waals surface area contributed by atoms with Crippen molar-refractivity contribution in [3.8, 4) is 0 Å². The van der Waals surface area contributed by atoms with Crippen molar-refractivity contribution in [3.05, 3.63) is 52.0 Å². The van der Waals surface area contributed by atoms with Crippen LogP contribution in [0.5, 0.6) is 0 Å². The molecule has 1 heterocycles. The normalized spacial score (nSPS) is 13.5. The summed E-state index contributed by atoms with van der Waals surface area (Å²) in [4.78, 5) is 27.3. The fourth-order valence-corrected chi connectivity index (χ4v) is 3.41. The summed E-state index contributed by atoms with van der Waals surface area (Å²) in [6.07, 6.45) is 3.52. The standard InChI is InChI=1S/C19H23Cl2N3O4/c1-11(2)6-16(18(25)26)23-17(19(27)28)7-12-8-22-10-24(12)9-13-14(20)4-3-5-15(13)21/h3-5,8,10-11,16-17,23H,6-7,9H2,1-2H3,(H,25,26)(H,27,28). The van der Waals surface area contributed by atoms with Crippen molar-refractivity contribution in [2.24, 2.45) is 5.92 Å². The van der Waals surface area contributed by atoms with E-state index < -0.39 is 24.0 Å². The molecule has 9 heteroatoms. The first-order chi connectivity index (χ1) is 13.2. The second-order valence-electron chi connectivity index (χ2n) is 7.00. The molecule has 0 bridgehead atoms. The van der Waals surface area contributed by atoms with Gasteiger partial charge in [0.15, 0.2) is 0 Å². The highest BCUT2D eigenvalue weighted by atomic mass is 35.5. The number of aromatic nitrogens is 2. The minimum Gasteiger partial charge on any atom is -0.480 e. The lowest BCUT2D eigenvalue weighted by Gasteiger charge is -2.22. The van der Waals surface area contributed by atoms with Crippen LogP contribution in [0.1, 0.15) is 31.5 Å². The Morgan fingerprint density at radius 1 is 1.14 bits per heavy atom. The first-order valence-electron chi connectivity index (χ1n) is 8.82. The van der Waals surface area contributed by atoms with E-state index in [-0.39, 0.29) is 12.3 Å².